The second kappa shape index (κ2) is 8.71. The Morgan fingerprint density at radius 3 is 2.30 bits per heavy atom. The molecule has 2 aromatic carbocycles. The molecule has 0 saturated heterocycles. The number of carbonyl (C=O) groups is 2. The van der Waals surface area contributed by atoms with Gasteiger partial charge >= 0.3 is 5.97 Å². The summed E-state index contributed by atoms with van der Waals surface area (Å²) < 4.78 is 37.7. The zero-order chi connectivity index (χ0) is 21.9. The summed E-state index contributed by atoms with van der Waals surface area (Å²) in [5.74, 6) is -0.734. The Kier molecular flexibility index (Phi) is 6.26. The molecule has 0 fully saturated rings. The number of esters is 1. The maximum Gasteiger partial charge on any atom is 0.334 e. The predicted octanol–water partition coefficient (Wildman–Crippen LogP) is 3.16. The number of hydrogen-bond acceptors (Lipinski definition) is 6. The zero-order valence-electron chi connectivity index (χ0n) is 17.0. The maximum atomic E-state index is 13.4. The van der Waals surface area contributed by atoms with Crippen LogP contribution in [0.3, 0.4) is 0 Å². The highest BCUT2D eigenvalue weighted by Crippen LogP contribution is 2.36. The molecule has 1 aliphatic rings. The van der Waals surface area contributed by atoms with Crippen LogP contribution >= 0.6 is 0 Å². The van der Waals surface area contributed by atoms with Gasteiger partial charge in [-0.25, -0.2) is 17.5 Å². The van der Waals surface area contributed by atoms with Crippen molar-refractivity contribution in [2.24, 2.45) is 0 Å². The Balaban J connectivity index is 2.12. The predicted molar refractivity (Wildman–Crippen MR) is 110 cm³/mol. The Hall–Kier alpha value is -3.13. The fraction of sp³-hybridized carbons (Fsp3) is 0.273. The van der Waals surface area contributed by atoms with Crippen molar-refractivity contribution in [1.82, 2.24) is 4.31 Å². The van der Waals surface area contributed by atoms with Gasteiger partial charge in [-0.2, -0.15) is 0 Å². The molecule has 3 rings (SSSR count). The second-order valence-corrected chi connectivity index (χ2v) is 8.63. The summed E-state index contributed by atoms with van der Waals surface area (Å²) in [7, 11) is -2.63. The average molecular weight is 429 g/mol. The van der Waals surface area contributed by atoms with E-state index in [1.807, 2.05) is 6.92 Å². The summed E-state index contributed by atoms with van der Waals surface area (Å²) in [4.78, 5) is 25.2. The van der Waals surface area contributed by atoms with E-state index in [1.54, 1.807) is 43.3 Å². The van der Waals surface area contributed by atoms with E-state index in [4.69, 9.17) is 9.47 Å². The molecule has 30 heavy (non-hydrogen) atoms. The van der Waals surface area contributed by atoms with Gasteiger partial charge in [0.15, 0.2) is 0 Å². The molecule has 1 aliphatic heterocycles. The van der Waals surface area contributed by atoms with Crippen molar-refractivity contribution in [1.29, 1.82) is 0 Å². The van der Waals surface area contributed by atoms with Gasteiger partial charge in [0.1, 0.15) is 5.75 Å². The van der Waals surface area contributed by atoms with Gasteiger partial charge in [-0.05, 0) is 49.8 Å². The molecule has 7 nitrogen and oxygen atoms in total. The Morgan fingerprint density at radius 1 is 1.10 bits per heavy atom. The molecule has 1 atom stereocenters. The third-order valence-corrected chi connectivity index (χ3v) is 6.59. The molecule has 0 aliphatic carbocycles. The normalized spacial score (nSPS) is 16.8. The van der Waals surface area contributed by atoms with Crippen molar-refractivity contribution >= 4 is 21.9 Å². The van der Waals surface area contributed by atoms with Gasteiger partial charge in [0.2, 0.25) is 5.91 Å². The number of benzene rings is 2. The van der Waals surface area contributed by atoms with Gasteiger partial charge < -0.3 is 9.47 Å². The lowest BCUT2D eigenvalue weighted by atomic mass is 9.98. The van der Waals surface area contributed by atoms with Crippen molar-refractivity contribution in [3.8, 4) is 5.75 Å². The standard InChI is InChI=1S/C22H23NO6S/c1-4-29-22(25)17-13-20(16-7-9-18(28-3)10-8-16)23(21(24)14-17)30(26,27)19-11-5-15(2)6-12-19/h5-13,20H,4,14H2,1-3H3. The molecule has 0 N–H and O–H groups in total. The largest absolute Gasteiger partial charge is 0.497 e. The fourth-order valence-electron chi connectivity index (χ4n) is 3.22. The minimum atomic E-state index is -4.15. The SMILES string of the molecule is CCOC(=O)C1=CC(c2ccc(OC)cc2)N(S(=O)(=O)c2ccc(C)cc2)C(=O)C1. The van der Waals surface area contributed by atoms with Crippen molar-refractivity contribution in [3.63, 3.8) is 0 Å². The molecular formula is C22H23NO6S. The van der Waals surface area contributed by atoms with Gasteiger partial charge in [0, 0.05) is 5.57 Å². The van der Waals surface area contributed by atoms with Gasteiger partial charge in [-0.1, -0.05) is 29.8 Å². The van der Waals surface area contributed by atoms with E-state index in [-0.39, 0.29) is 23.5 Å². The van der Waals surface area contributed by atoms with Crippen LogP contribution in [0, 0.1) is 6.92 Å². The van der Waals surface area contributed by atoms with Crippen molar-refractivity contribution < 1.29 is 27.5 Å². The Morgan fingerprint density at radius 2 is 1.73 bits per heavy atom. The smallest absolute Gasteiger partial charge is 0.334 e. The van der Waals surface area contributed by atoms with Crippen LogP contribution in [0.4, 0.5) is 0 Å². The molecule has 8 heteroatoms. The summed E-state index contributed by atoms with van der Waals surface area (Å²) in [6, 6.07) is 12.0. The van der Waals surface area contributed by atoms with E-state index in [0.29, 0.717) is 11.3 Å². The van der Waals surface area contributed by atoms with Crippen LogP contribution in [0.15, 0.2) is 65.1 Å². The highest BCUT2D eigenvalue weighted by atomic mass is 32.2. The third kappa shape index (κ3) is 4.23. The van der Waals surface area contributed by atoms with Crippen LogP contribution in [0.1, 0.15) is 30.5 Å². The van der Waals surface area contributed by atoms with Gasteiger partial charge in [-0.3, -0.25) is 4.79 Å². The molecule has 0 bridgehead atoms. The van der Waals surface area contributed by atoms with E-state index in [1.165, 1.54) is 25.3 Å². The van der Waals surface area contributed by atoms with E-state index >= 15 is 0 Å². The van der Waals surface area contributed by atoms with E-state index in [2.05, 4.69) is 0 Å². The first kappa shape index (κ1) is 21.6. The molecule has 0 spiro atoms. The number of methoxy groups -OCH3 is 1. The molecule has 158 valence electrons. The third-order valence-electron chi connectivity index (χ3n) is 4.77. The molecule has 1 unspecified atom stereocenters. The lowest BCUT2D eigenvalue weighted by molar-refractivity contribution is -0.140. The highest BCUT2D eigenvalue weighted by Gasteiger charge is 2.40. The monoisotopic (exact) mass is 429 g/mol. The quantitative estimate of drug-likeness (QED) is 0.656. The van der Waals surface area contributed by atoms with Crippen LogP contribution in [0.2, 0.25) is 0 Å². The zero-order valence-corrected chi connectivity index (χ0v) is 17.8. The van der Waals surface area contributed by atoms with E-state index in [0.717, 1.165) is 9.87 Å². The fourth-order valence-corrected chi connectivity index (χ4v) is 4.74. The number of hydrogen-bond donors (Lipinski definition) is 0. The summed E-state index contributed by atoms with van der Waals surface area (Å²) in [6.45, 7) is 3.66. The number of aryl methyl sites for hydroxylation is 1. The van der Waals surface area contributed by atoms with Crippen molar-refractivity contribution in [2.75, 3.05) is 13.7 Å². The van der Waals surface area contributed by atoms with Crippen LogP contribution < -0.4 is 4.74 Å². The average Bonchev–Trinajstić information content (AvgIpc) is 2.73. The van der Waals surface area contributed by atoms with E-state index < -0.39 is 27.9 Å². The first-order valence-corrected chi connectivity index (χ1v) is 10.9. The van der Waals surface area contributed by atoms with Crippen LogP contribution in [0.25, 0.3) is 0 Å². The first-order chi connectivity index (χ1) is 14.3. The number of sulfonamides is 1. The number of carbonyl (C=O) groups excluding carboxylic acids is 2. The molecule has 0 aromatic heterocycles. The highest BCUT2D eigenvalue weighted by molar-refractivity contribution is 7.89. The molecule has 1 heterocycles. The van der Waals surface area contributed by atoms with Gasteiger partial charge in [0.25, 0.3) is 10.0 Å². The van der Waals surface area contributed by atoms with E-state index in [9.17, 15) is 18.0 Å². The van der Waals surface area contributed by atoms with Crippen molar-refractivity contribution in [2.45, 2.75) is 31.2 Å². The second-order valence-electron chi connectivity index (χ2n) is 6.81. The molecule has 0 saturated carbocycles. The minimum Gasteiger partial charge on any atom is -0.497 e. The Bertz CT molecular complexity index is 1070. The Labute approximate surface area is 176 Å². The molecule has 2 aromatic rings. The van der Waals surface area contributed by atoms with Crippen LogP contribution in [-0.2, 0) is 24.3 Å². The van der Waals surface area contributed by atoms with Gasteiger partial charge in [0.05, 0.1) is 31.1 Å². The van der Waals surface area contributed by atoms with Crippen LogP contribution in [-0.4, -0.2) is 38.3 Å². The number of ether oxygens (including phenoxy) is 2. The summed E-state index contributed by atoms with van der Waals surface area (Å²) in [6.07, 6.45) is 1.13. The molecule has 1 amide bonds. The topological polar surface area (TPSA) is 90.0 Å². The van der Waals surface area contributed by atoms with Gasteiger partial charge in [-0.15, -0.1) is 0 Å². The molecular weight excluding hydrogens is 406 g/mol. The summed E-state index contributed by atoms with van der Waals surface area (Å²) >= 11 is 0. The lowest BCUT2D eigenvalue weighted by Gasteiger charge is -2.33. The number of nitrogens with zero attached hydrogens (tertiary/aromatic N) is 1. The van der Waals surface area contributed by atoms with Crippen LogP contribution in [0.5, 0.6) is 5.75 Å². The number of rotatable bonds is 6. The molecule has 0 radical (unpaired) electrons. The maximum absolute atomic E-state index is 13.4. The summed E-state index contributed by atoms with van der Waals surface area (Å²) in [5, 5.41) is 0. The lowest BCUT2D eigenvalue weighted by Crippen LogP contribution is -2.42. The van der Waals surface area contributed by atoms with Crippen molar-refractivity contribution in [3.05, 3.63) is 71.3 Å². The summed E-state index contributed by atoms with van der Waals surface area (Å²) in [5.41, 5.74) is 1.56. The first-order valence-electron chi connectivity index (χ1n) is 9.43. The minimum absolute atomic E-state index is 0.00736. The number of amides is 1.